The highest BCUT2D eigenvalue weighted by atomic mass is 28.1. The molecule has 0 amide bonds. The molecule has 0 nitrogen and oxygen atoms in total. The normalized spacial score (nSPS) is 22.9. The fourth-order valence-corrected chi connectivity index (χ4v) is 3.24. The number of benzene rings is 1. The van der Waals surface area contributed by atoms with Crippen LogP contribution in [-0.2, 0) is 11.8 Å². The van der Waals surface area contributed by atoms with E-state index in [0.29, 0.717) is 5.04 Å². The van der Waals surface area contributed by atoms with Crippen LogP contribution < -0.4 is 0 Å². The molecule has 1 aromatic carbocycles. The zero-order valence-corrected chi connectivity index (χ0v) is 14.7. The molecule has 0 aromatic heterocycles. The molecule has 19 heavy (non-hydrogen) atoms. The maximum Gasteiger partial charge on any atom is 0.0158 e. The zero-order chi connectivity index (χ0) is 13.9. The van der Waals surface area contributed by atoms with E-state index >= 15 is 0 Å². The van der Waals surface area contributed by atoms with E-state index in [4.69, 9.17) is 0 Å². The third-order valence-corrected chi connectivity index (χ3v) is 5.38. The summed E-state index contributed by atoms with van der Waals surface area (Å²) in [5, 5.41) is 0.484. The number of allylic oxidation sites excluding steroid dienone is 4. The highest BCUT2D eigenvalue weighted by Gasteiger charge is 2.20. The molecule has 1 atom stereocenters. The highest BCUT2D eigenvalue weighted by Crippen LogP contribution is 2.36. The zero-order valence-electron chi connectivity index (χ0n) is 12.7. The molecule has 102 valence electrons. The first-order valence-electron chi connectivity index (χ1n) is 7.33. The van der Waals surface area contributed by atoms with Gasteiger partial charge in [-0.2, -0.15) is 0 Å². The van der Waals surface area contributed by atoms with Crippen LogP contribution in [-0.4, -0.2) is 10.2 Å². The third kappa shape index (κ3) is 3.94. The monoisotopic (exact) mass is 270 g/mol. The molecule has 0 saturated carbocycles. The van der Waals surface area contributed by atoms with Crippen molar-refractivity contribution in [2.45, 2.75) is 50.5 Å². The number of hydrogen-bond acceptors (Lipinski definition) is 0. The number of aryl methyl sites for hydroxylation is 1. The van der Waals surface area contributed by atoms with Crippen molar-refractivity contribution < 1.29 is 0 Å². The van der Waals surface area contributed by atoms with Crippen LogP contribution >= 0.6 is 0 Å². The molecule has 0 unspecified atom stereocenters. The van der Waals surface area contributed by atoms with Crippen molar-refractivity contribution in [1.29, 1.82) is 0 Å². The Hall–Kier alpha value is -1.08. The molecule has 1 aliphatic carbocycles. The fraction of sp³-hybridized carbons (Fsp3) is 0.444. The summed E-state index contributed by atoms with van der Waals surface area (Å²) in [6, 6.07) is 9.22. The van der Waals surface area contributed by atoms with Crippen molar-refractivity contribution in [3.63, 3.8) is 0 Å². The molecule has 0 N–H and O–H groups in total. The minimum Gasteiger partial charge on any atom is -0.0840 e. The average molecular weight is 270 g/mol. The Kier molecular flexibility index (Phi) is 4.15. The summed E-state index contributed by atoms with van der Waals surface area (Å²) in [5.41, 5.74) is 3.16. The summed E-state index contributed by atoms with van der Waals surface area (Å²) in [7, 11) is 1.24. The Balaban J connectivity index is 1.97. The average Bonchev–Trinajstić information content (AvgIpc) is 2.37. The van der Waals surface area contributed by atoms with E-state index in [-0.39, 0.29) is 5.41 Å². The Morgan fingerprint density at radius 1 is 1.11 bits per heavy atom. The molecule has 0 bridgehead atoms. The molecule has 2 rings (SSSR count). The number of rotatable bonds is 3. The van der Waals surface area contributed by atoms with Crippen LogP contribution in [0.15, 0.2) is 48.6 Å². The maximum atomic E-state index is 2.42. The van der Waals surface area contributed by atoms with Crippen LogP contribution in [0.3, 0.4) is 0 Å². The van der Waals surface area contributed by atoms with E-state index in [2.05, 4.69) is 69.3 Å². The van der Waals surface area contributed by atoms with Crippen LogP contribution in [0, 0.1) is 0 Å². The summed E-state index contributed by atoms with van der Waals surface area (Å²) < 4.78 is 0. The topological polar surface area (TPSA) is 0 Å². The van der Waals surface area contributed by atoms with E-state index in [9.17, 15) is 0 Å². The first-order valence-corrected chi connectivity index (χ1v) is 8.33. The lowest BCUT2D eigenvalue weighted by Crippen LogP contribution is -2.12. The summed E-state index contributed by atoms with van der Waals surface area (Å²) in [6.45, 7) is 6.81. The van der Waals surface area contributed by atoms with Crippen LogP contribution in [0.5, 0.6) is 0 Å². The van der Waals surface area contributed by atoms with E-state index in [0.717, 1.165) is 0 Å². The molecule has 0 heterocycles. The minimum absolute atomic E-state index is 0.258. The lowest BCUT2D eigenvalue weighted by Gasteiger charge is -2.26. The van der Waals surface area contributed by atoms with Crippen molar-refractivity contribution in [1.82, 2.24) is 0 Å². The van der Waals surface area contributed by atoms with Crippen LogP contribution in [0.4, 0.5) is 0 Å². The molecular weight excluding hydrogens is 244 g/mol. The number of hydrogen-bond donors (Lipinski definition) is 0. The van der Waals surface area contributed by atoms with Gasteiger partial charge in [-0.1, -0.05) is 69.3 Å². The van der Waals surface area contributed by atoms with E-state index in [1.807, 2.05) is 0 Å². The van der Waals surface area contributed by atoms with Crippen molar-refractivity contribution in [2.24, 2.45) is 0 Å². The summed E-state index contributed by atoms with van der Waals surface area (Å²) in [4.78, 5) is 0. The fourth-order valence-electron chi connectivity index (χ4n) is 2.56. The van der Waals surface area contributed by atoms with Crippen molar-refractivity contribution in [3.05, 3.63) is 59.7 Å². The molecule has 0 saturated heterocycles. The molecular formula is C18H26Si. The minimum atomic E-state index is 0.258. The van der Waals surface area contributed by atoms with Gasteiger partial charge in [0.25, 0.3) is 0 Å². The van der Waals surface area contributed by atoms with Gasteiger partial charge < -0.3 is 0 Å². The van der Waals surface area contributed by atoms with Crippen LogP contribution in [0.1, 0.15) is 44.7 Å². The Morgan fingerprint density at radius 2 is 1.79 bits per heavy atom. The second kappa shape index (κ2) is 5.50. The largest absolute Gasteiger partial charge is 0.0840 e. The van der Waals surface area contributed by atoms with Gasteiger partial charge in [0.15, 0.2) is 0 Å². The van der Waals surface area contributed by atoms with Gasteiger partial charge in [0.1, 0.15) is 0 Å². The second-order valence-corrected chi connectivity index (χ2v) is 9.08. The standard InChI is InChI=1S/C18H26Si/c1-17(2,3)16-9-7-15(8-10-16)11-14-18(19)12-5-4-6-13-18/h4-10,12H,11,13-14H2,1-3,19H3/t18-/m1/s1. The van der Waals surface area contributed by atoms with Gasteiger partial charge in [-0.15, -0.1) is 0 Å². The van der Waals surface area contributed by atoms with Gasteiger partial charge in [0.05, 0.1) is 0 Å². The maximum absolute atomic E-state index is 2.42. The van der Waals surface area contributed by atoms with Crippen molar-refractivity contribution >= 4 is 10.2 Å². The van der Waals surface area contributed by atoms with Gasteiger partial charge in [0.2, 0.25) is 0 Å². The lowest BCUT2D eigenvalue weighted by atomic mass is 9.86. The van der Waals surface area contributed by atoms with Crippen molar-refractivity contribution in [2.75, 3.05) is 0 Å². The second-order valence-electron chi connectivity index (χ2n) is 7.09. The Labute approximate surface area is 121 Å². The molecule has 1 aliphatic rings. The molecule has 0 spiro atoms. The molecule has 1 heteroatoms. The highest BCUT2D eigenvalue weighted by molar-refractivity contribution is 6.16. The smallest absolute Gasteiger partial charge is 0.0158 e. The predicted octanol–water partition coefficient (Wildman–Crippen LogP) is 3.96. The van der Waals surface area contributed by atoms with Crippen molar-refractivity contribution in [3.8, 4) is 0 Å². The first kappa shape index (κ1) is 14.3. The molecule has 0 aliphatic heterocycles. The first-order chi connectivity index (χ1) is 8.89. The van der Waals surface area contributed by atoms with E-state index in [1.54, 1.807) is 0 Å². The van der Waals surface area contributed by atoms with Gasteiger partial charge in [-0.3, -0.25) is 0 Å². The quantitative estimate of drug-likeness (QED) is 0.729. The lowest BCUT2D eigenvalue weighted by molar-refractivity contribution is 0.588. The van der Waals surface area contributed by atoms with Gasteiger partial charge in [-0.25, -0.2) is 0 Å². The van der Waals surface area contributed by atoms with Gasteiger partial charge >= 0.3 is 0 Å². The van der Waals surface area contributed by atoms with E-state index in [1.165, 1.54) is 40.6 Å². The predicted molar refractivity (Wildman–Crippen MR) is 89.0 cm³/mol. The Morgan fingerprint density at radius 3 is 2.32 bits per heavy atom. The third-order valence-electron chi connectivity index (χ3n) is 4.13. The van der Waals surface area contributed by atoms with Gasteiger partial charge in [0, 0.05) is 10.2 Å². The molecule has 1 aromatic rings. The van der Waals surface area contributed by atoms with E-state index < -0.39 is 0 Å². The summed E-state index contributed by atoms with van der Waals surface area (Å²) in [6.07, 6.45) is 12.8. The SMILES string of the molecule is CC(C)(C)c1ccc(CC[C@@]2([SiH3])C=CC=CC2)cc1. The van der Waals surface area contributed by atoms with Crippen LogP contribution in [0.25, 0.3) is 0 Å². The Bertz CT molecular complexity index is 473. The van der Waals surface area contributed by atoms with Gasteiger partial charge in [-0.05, 0) is 40.8 Å². The summed E-state index contributed by atoms with van der Waals surface area (Å²) in [5.74, 6) is 0. The molecule has 0 fully saturated rings. The summed E-state index contributed by atoms with van der Waals surface area (Å²) >= 11 is 0. The van der Waals surface area contributed by atoms with Crippen LogP contribution in [0.2, 0.25) is 5.04 Å². The molecule has 0 radical (unpaired) electrons.